The Balaban J connectivity index is 1.15. The normalized spacial score (nSPS) is 20.9. The van der Waals surface area contributed by atoms with E-state index in [1.54, 1.807) is 0 Å². The number of aromatic nitrogens is 7. The van der Waals surface area contributed by atoms with Crippen LogP contribution in [0.2, 0.25) is 0 Å². The molecule has 1 N–H and O–H groups in total. The smallest absolute Gasteiger partial charge is 0.245 e. The Labute approximate surface area is 283 Å². The third kappa shape index (κ3) is 5.02. The molecule has 1 amide bonds. The van der Waals surface area contributed by atoms with Gasteiger partial charge < -0.3 is 24.4 Å². The van der Waals surface area contributed by atoms with Crippen LogP contribution in [-0.4, -0.2) is 89.5 Å². The monoisotopic (exact) mass is 680 g/mol. The van der Waals surface area contributed by atoms with Crippen LogP contribution in [0.4, 0.5) is 24.8 Å². The summed E-state index contributed by atoms with van der Waals surface area (Å²) < 4.78 is 52.8. The molecule has 0 radical (unpaired) electrons. The molecule has 3 atom stereocenters. The average Bonchev–Trinajstić information content (AvgIpc) is 3.81. The van der Waals surface area contributed by atoms with Crippen molar-refractivity contribution in [1.82, 2.24) is 39.2 Å². The second-order valence-electron chi connectivity index (χ2n) is 12.9. The Hall–Kier alpha value is -5.57. The van der Waals surface area contributed by atoms with Gasteiger partial charge in [0.15, 0.2) is 11.5 Å². The molecule has 50 heavy (non-hydrogen) atoms. The van der Waals surface area contributed by atoms with E-state index in [9.17, 15) is 18.0 Å². The number of imidazole rings is 1. The molecular weight excluding hydrogens is 649 g/mol. The predicted octanol–water partition coefficient (Wildman–Crippen LogP) is 4.64. The lowest BCUT2D eigenvalue weighted by atomic mass is 10.1. The first kappa shape index (κ1) is 30.5. The Kier molecular flexibility index (Phi) is 7.19. The van der Waals surface area contributed by atoms with Gasteiger partial charge in [-0.05, 0) is 50.1 Å². The number of halogens is 3. The van der Waals surface area contributed by atoms with Crippen molar-refractivity contribution in [3.63, 3.8) is 0 Å². The highest BCUT2D eigenvalue weighted by Crippen LogP contribution is 2.35. The van der Waals surface area contributed by atoms with Gasteiger partial charge in [0.25, 0.3) is 0 Å². The number of carbonyl (C=O) groups is 1. The highest BCUT2D eigenvalue weighted by Gasteiger charge is 2.43. The average molecular weight is 681 g/mol. The molecule has 9 rings (SSSR count). The van der Waals surface area contributed by atoms with E-state index in [0.29, 0.717) is 85.1 Å². The minimum atomic E-state index is -0.785. The molecule has 15 heteroatoms. The van der Waals surface area contributed by atoms with Crippen LogP contribution in [0.5, 0.6) is 0 Å². The molecule has 6 aromatic rings. The van der Waals surface area contributed by atoms with Gasteiger partial charge in [0.1, 0.15) is 47.2 Å². The molecule has 3 aliphatic heterocycles. The number of ether oxygens (including phenoxy) is 1. The number of rotatable bonds is 2. The van der Waals surface area contributed by atoms with Crippen LogP contribution < -0.4 is 10.2 Å². The summed E-state index contributed by atoms with van der Waals surface area (Å²) in [6.07, 6.45) is 3.92. The van der Waals surface area contributed by atoms with Gasteiger partial charge in [-0.3, -0.25) is 4.79 Å². The van der Waals surface area contributed by atoms with E-state index in [1.165, 1.54) is 35.4 Å². The van der Waals surface area contributed by atoms with Crippen molar-refractivity contribution < 1.29 is 22.7 Å². The molecule has 7 heterocycles. The highest BCUT2D eigenvalue weighted by molar-refractivity contribution is 5.94. The molecule has 0 spiro atoms. The SMILES string of the molecule is Cc1nc2cc(F)cc3c2n1CC[C@H]1COCCN1C(=O)[C@@H]1C[C@@H](CN1c1ncnc2c1cnn2-c1ccc(F)cc1F)Nc1cccc-3n1. The molecular formula is C35H31F3N10O2. The van der Waals surface area contributed by atoms with Crippen LogP contribution in [0.15, 0.2) is 61.1 Å². The Bertz CT molecular complexity index is 2310. The van der Waals surface area contributed by atoms with Crippen molar-refractivity contribution in [3.05, 3.63) is 84.3 Å². The molecule has 12 nitrogen and oxygen atoms in total. The zero-order valence-corrected chi connectivity index (χ0v) is 26.9. The van der Waals surface area contributed by atoms with Crippen LogP contribution in [0, 0.1) is 24.4 Å². The fourth-order valence-electron chi connectivity index (χ4n) is 7.65. The molecule has 2 fully saturated rings. The summed E-state index contributed by atoms with van der Waals surface area (Å²) in [5, 5.41) is 8.43. The van der Waals surface area contributed by atoms with E-state index >= 15 is 0 Å². The fraction of sp³-hybridized carbons (Fsp3) is 0.314. The number of nitrogens with one attached hydrogen (secondary N) is 1. The topological polar surface area (TPSA) is 119 Å². The Morgan fingerprint density at radius 1 is 0.980 bits per heavy atom. The van der Waals surface area contributed by atoms with E-state index in [1.807, 2.05) is 34.9 Å². The molecule has 0 unspecified atom stereocenters. The number of anilines is 2. The minimum absolute atomic E-state index is 0.0371. The summed E-state index contributed by atoms with van der Waals surface area (Å²) in [5.74, 6) is -0.160. The zero-order chi connectivity index (χ0) is 34.1. The number of hydrogen-bond donors (Lipinski definition) is 1. The largest absolute Gasteiger partial charge is 0.377 e. The van der Waals surface area contributed by atoms with E-state index in [-0.39, 0.29) is 23.7 Å². The zero-order valence-electron chi connectivity index (χ0n) is 26.9. The number of benzene rings is 2. The summed E-state index contributed by atoms with van der Waals surface area (Å²) in [6.45, 7) is 4.03. The lowest BCUT2D eigenvalue weighted by Crippen LogP contribution is -2.55. The molecule has 3 aliphatic rings. The summed E-state index contributed by atoms with van der Waals surface area (Å²) in [6, 6.07) is 10.7. The van der Waals surface area contributed by atoms with Gasteiger partial charge >= 0.3 is 0 Å². The molecule has 2 aromatic carbocycles. The van der Waals surface area contributed by atoms with Crippen LogP contribution in [0.25, 0.3) is 39.0 Å². The minimum Gasteiger partial charge on any atom is -0.377 e. The van der Waals surface area contributed by atoms with Gasteiger partial charge in [0.2, 0.25) is 5.91 Å². The van der Waals surface area contributed by atoms with Crippen molar-refractivity contribution in [2.24, 2.45) is 0 Å². The summed E-state index contributed by atoms with van der Waals surface area (Å²) in [7, 11) is 0. The van der Waals surface area contributed by atoms with E-state index < -0.39 is 23.5 Å². The number of carbonyl (C=O) groups excluding carboxylic acids is 1. The maximum absolute atomic E-state index is 15.0. The van der Waals surface area contributed by atoms with Gasteiger partial charge in [-0.15, -0.1) is 0 Å². The lowest BCUT2D eigenvalue weighted by Gasteiger charge is -2.39. The molecule has 4 bridgehead atoms. The second kappa shape index (κ2) is 11.8. The number of morpholine rings is 1. The summed E-state index contributed by atoms with van der Waals surface area (Å²) in [5.41, 5.74) is 2.92. The van der Waals surface area contributed by atoms with Crippen molar-refractivity contribution in [2.75, 3.05) is 36.5 Å². The van der Waals surface area contributed by atoms with Crippen molar-refractivity contribution in [2.45, 2.75) is 44.4 Å². The standard InChI is InChI=1S/C35H31F3N10O2/c1-19-42-28-13-21(37)11-24-27-3-2-4-31(44-27)43-22-14-30(35(49)46-9-10-50-17-23(46)7-8-45(19)32(24)28)47(16-22)33-25-15-41-48(34(25)40-18-39-33)29-6-5-20(36)12-26(29)38/h2-6,11-13,15,18,22-23,30H,7-10,14,16-17H2,1H3,(H,43,44)/t22-,23-,30-/m0/s1. The first-order valence-corrected chi connectivity index (χ1v) is 16.5. The first-order chi connectivity index (χ1) is 24.3. The number of fused-ring (bicyclic) bond motifs is 7. The Morgan fingerprint density at radius 3 is 2.76 bits per heavy atom. The van der Waals surface area contributed by atoms with Gasteiger partial charge in [-0.2, -0.15) is 5.10 Å². The van der Waals surface area contributed by atoms with Crippen LogP contribution in [0.3, 0.4) is 0 Å². The van der Waals surface area contributed by atoms with Crippen molar-refractivity contribution in [3.8, 4) is 16.9 Å². The van der Waals surface area contributed by atoms with Crippen LogP contribution in [-0.2, 0) is 16.1 Å². The van der Waals surface area contributed by atoms with Crippen LogP contribution >= 0.6 is 0 Å². The molecule has 0 aliphatic carbocycles. The van der Waals surface area contributed by atoms with Gasteiger partial charge in [0, 0.05) is 43.4 Å². The van der Waals surface area contributed by atoms with Crippen molar-refractivity contribution >= 4 is 39.6 Å². The van der Waals surface area contributed by atoms with Gasteiger partial charge in [-0.25, -0.2) is 37.8 Å². The fourth-order valence-corrected chi connectivity index (χ4v) is 7.65. The molecule has 0 saturated carbocycles. The van der Waals surface area contributed by atoms with Gasteiger partial charge in [0.05, 0.1) is 47.6 Å². The summed E-state index contributed by atoms with van der Waals surface area (Å²) in [4.78, 5) is 37.2. The van der Waals surface area contributed by atoms with Gasteiger partial charge in [-0.1, -0.05) is 6.07 Å². The maximum atomic E-state index is 15.0. The number of pyridine rings is 1. The highest BCUT2D eigenvalue weighted by atomic mass is 19.1. The predicted molar refractivity (Wildman–Crippen MR) is 178 cm³/mol. The number of nitrogens with zero attached hydrogens (tertiary/aromatic N) is 9. The summed E-state index contributed by atoms with van der Waals surface area (Å²) >= 11 is 0. The molecule has 254 valence electrons. The Morgan fingerprint density at radius 2 is 1.88 bits per heavy atom. The molecule has 4 aromatic heterocycles. The quantitative estimate of drug-likeness (QED) is 0.279. The maximum Gasteiger partial charge on any atom is 0.245 e. The van der Waals surface area contributed by atoms with Crippen LogP contribution in [0.1, 0.15) is 18.7 Å². The third-order valence-electron chi connectivity index (χ3n) is 9.91. The lowest BCUT2D eigenvalue weighted by molar-refractivity contribution is -0.141. The van der Waals surface area contributed by atoms with E-state index in [2.05, 4.69) is 29.9 Å². The second-order valence-corrected chi connectivity index (χ2v) is 12.9. The van der Waals surface area contributed by atoms with E-state index in [4.69, 9.17) is 9.72 Å². The molecule has 2 saturated heterocycles. The van der Waals surface area contributed by atoms with Crippen molar-refractivity contribution in [1.29, 1.82) is 0 Å². The number of hydrogen-bond acceptors (Lipinski definition) is 9. The number of amides is 1. The third-order valence-corrected chi connectivity index (χ3v) is 9.91. The van der Waals surface area contributed by atoms with E-state index in [0.717, 1.165) is 23.5 Å². The first-order valence-electron chi connectivity index (χ1n) is 16.5. The number of aryl methyl sites for hydroxylation is 2.